The number of hydrogen-bond acceptors (Lipinski definition) is 7. The number of anilines is 1. The molecule has 8 nitrogen and oxygen atoms in total. The van der Waals surface area contributed by atoms with Crippen LogP contribution in [0.25, 0.3) is 22.3 Å². The molecule has 2 N–H and O–H groups in total. The molecule has 9 heteroatoms. The molecule has 0 saturated carbocycles. The van der Waals surface area contributed by atoms with Gasteiger partial charge in [0.25, 0.3) is 0 Å². The van der Waals surface area contributed by atoms with E-state index in [-0.39, 0.29) is 24.9 Å². The maximum atomic E-state index is 9.91. The van der Waals surface area contributed by atoms with Gasteiger partial charge in [-0.2, -0.15) is 0 Å². The van der Waals surface area contributed by atoms with Crippen LogP contribution in [0.15, 0.2) is 36.4 Å². The fourth-order valence-electron chi connectivity index (χ4n) is 4.63. The van der Waals surface area contributed by atoms with E-state index in [1.807, 2.05) is 24.3 Å². The molecule has 6 rings (SSSR count). The van der Waals surface area contributed by atoms with Crippen LogP contribution in [0, 0.1) is 0 Å². The van der Waals surface area contributed by atoms with Crippen LogP contribution in [0.3, 0.4) is 0 Å². The molecule has 1 aromatic carbocycles. The SMILES string of the molecule is OC1COC2C(Oc3cc4nc(-c5ccc(N6CCOCC6)cc5)c(Cl)cc4[nH]3)COC12. The van der Waals surface area contributed by atoms with E-state index in [0.717, 1.165) is 48.6 Å². The molecule has 4 unspecified atom stereocenters. The average molecular weight is 458 g/mol. The van der Waals surface area contributed by atoms with E-state index >= 15 is 0 Å². The number of ether oxygens (including phenoxy) is 4. The lowest BCUT2D eigenvalue weighted by Crippen LogP contribution is -2.36. The highest BCUT2D eigenvalue weighted by molar-refractivity contribution is 6.33. The Morgan fingerprint density at radius 3 is 2.66 bits per heavy atom. The van der Waals surface area contributed by atoms with Crippen molar-refractivity contribution in [3.63, 3.8) is 0 Å². The predicted octanol–water partition coefficient (Wildman–Crippen LogP) is 2.63. The first-order chi connectivity index (χ1) is 15.7. The number of benzene rings is 1. The summed E-state index contributed by atoms with van der Waals surface area (Å²) in [5.74, 6) is 0.572. The first-order valence-corrected chi connectivity index (χ1v) is 11.2. The number of aliphatic hydroxyl groups is 1. The zero-order chi connectivity index (χ0) is 21.7. The number of hydrogen-bond donors (Lipinski definition) is 2. The number of pyridine rings is 1. The van der Waals surface area contributed by atoms with Gasteiger partial charge in [0.05, 0.1) is 48.2 Å². The highest BCUT2D eigenvalue weighted by Gasteiger charge is 2.48. The molecule has 0 bridgehead atoms. The van der Waals surface area contributed by atoms with Gasteiger partial charge in [0.2, 0.25) is 0 Å². The van der Waals surface area contributed by atoms with Gasteiger partial charge in [-0.15, -0.1) is 0 Å². The molecule has 0 amide bonds. The van der Waals surface area contributed by atoms with Crippen molar-refractivity contribution in [3.05, 3.63) is 41.4 Å². The number of aromatic amines is 1. The number of H-pyrrole nitrogens is 1. The summed E-state index contributed by atoms with van der Waals surface area (Å²) < 4.78 is 22.8. The van der Waals surface area contributed by atoms with Gasteiger partial charge in [-0.25, -0.2) is 4.98 Å². The lowest BCUT2D eigenvalue weighted by atomic mass is 10.1. The zero-order valence-electron chi connectivity index (χ0n) is 17.4. The van der Waals surface area contributed by atoms with Gasteiger partial charge in [0.15, 0.2) is 12.0 Å². The van der Waals surface area contributed by atoms with Crippen molar-refractivity contribution in [1.82, 2.24) is 9.97 Å². The van der Waals surface area contributed by atoms with Gasteiger partial charge in [-0.05, 0) is 18.2 Å². The van der Waals surface area contributed by atoms with E-state index < -0.39 is 6.10 Å². The third kappa shape index (κ3) is 3.62. The van der Waals surface area contributed by atoms with Gasteiger partial charge in [-0.1, -0.05) is 23.7 Å². The second-order valence-corrected chi connectivity index (χ2v) is 8.76. The van der Waals surface area contributed by atoms with E-state index in [4.69, 9.17) is 35.5 Å². The number of nitrogens with one attached hydrogen (secondary N) is 1. The Morgan fingerprint density at radius 1 is 1.06 bits per heavy atom. The molecule has 5 heterocycles. The summed E-state index contributed by atoms with van der Waals surface area (Å²) in [4.78, 5) is 10.3. The van der Waals surface area contributed by atoms with E-state index in [1.165, 1.54) is 5.69 Å². The standard InChI is InChI=1S/C23H24ClN3O5/c24-15-9-16-17(10-20(25-16)32-19-12-31-22-18(28)11-30-23(19)22)26-21(15)13-1-3-14(4-2-13)27-5-7-29-8-6-27/h1-4,9-10,18-19,22-23,25,28H,5-8,11-12H2. The summed E-state index contributed by atoms with van der Waals surface area (Å²) in [5.41, 5.74) is 4.41. The summed E-state index contributed by atoms with van der Waals surface area (Å²) in [7, 11) is 0. The van der Waals surface area contributed by atoms with Crippen LogP contribution < -0.4 is 9.64 Å². The van der Waals surface area contributed by atoms with Crippen molar-refractivity contribution < 1.29 is 24.1 Å². The van der Waals surface area contributed by atoms with Gasteiger partial charge in [0.1, 0.15) is 18.3 Å². The normalized spacial score (nSPS) is 27.8. The summed E-state index contributed by atoms with van der Waals surface area (Å²) in [6.45, 7) is 3.95. The highest BCUT2D eigenvalue weighted by atomic mass is 35.5. The molecule has 4 atom stereocenters. The fraction of sp³-hybridized carbons (Fsp3) is 0.435. The monoisotopic (exact) mass is 457 g/mol. The van der Waals surface area contributed by atoms with Gasteiger partial charge < -0.3 is 33.9 Å². The predicted molar refractivity (Wildman–Crippen MR) is 119 cm³/mol. The minimum atomic E-state index is -0.603. The molecule has 32 heavy (non-hydrogen) atoms. The van der Waals surface area contributed by atoms with E-state index in [1.54, 1.807) is 0 Å². The summed E-state index contributed by atoms with van der Waals surface area (Å²) >= 11 is 6.58. The Morgan fingerprint density at radius 2 is 1.84 bits per heavy atom. The quantitative estimate of drug-likeness (QED) is 0.622. The third-order valence-electron chi connectivity index (χ3n) is 6.31. The first kappa shape index (κ1) is 20.3. The molecular formula is C23H24ClN3O5. The summed E-state index contributed by atoms with van der Waals surface area (Å²) in [6.07, 6.45) is -1.49. The number of nitrogens with zero attached hydrogens (tertiary/aromatic N) is 2. The molecule has 2 aromatic heterocycles. The van der Waals surface area contributed by atoms with Crippen LogP contribution in [0.1, 0.15) is 0 Å². The Labute approximate surface area is 190 Å². The lowest BCUT2D eigenvalue weighted by molar-refractivity contribution is 0.00794. The number of halogens is 1. The molecule has 168 valence electrons. The molecule has 0 radical (unpaired) electrons. The largest absolute Gasteiger partial charge is 0.470 e. The minimum Gasteiger partial charge on any atom is -0.470 e. The van der Waals surface area contributed by atoms with Crippen molar-refractivity contribution in [2.24, 2.45) is 0 Å². The maximum Gasteiger partial charge on any atom is 0.193 e. The summed E-state index contributed by atoms with van der Waals surface area (Å²) in [6, 6.07) is 12.0. The first-order valence-electron chi connectivity index (χ1n) is 10.9. The van der Waals surface area contributed by atoms with Crippen molar-refractivity contribution >= 4 is 28.3 Å². The Hall–Kier alpha value is -2.36. The van der Waals surface area contributed by atoms with Crippen LogP contribution in [0.5, 0.6) is 5.88 Å². The summed E-state index contributed by atoms with van der Waals surface area (Å²) in [5, 5.41) is 10.5. The van der Waals surface area contributed by atoms with Crippen LogP contribution >= 0.6 is 11.6 Å². The van der Waals surface area contributed by atoms with Crippen molar-refractivity contribution in [2.45, 2.75) is 24.4 Å². The second-order valence-electron chi connectivity index (χ2n) is 8.35. The van der Waals surface area contributed by atoms with Crippen molar-refractivity contribution in [3.8, 4) is 17.1 Å². The van der Waals surface area contributed by atoms with Gasteiger partial charge >= 0.3 is 0 Å². The Bertz CT molecular complexity index is 1110. The number of rotatable bonds is 4. The van der Waals surface area contributed by atoms with Crippen molar-refractivity contribution in [2.75, 3.05) is 44.4 Å². The van der Waals surface area contributed by atoms with Gasteiger partial charge in [0, 0.05) is 30.4 Å². The van der Waals surface area contributed by atoms with Crippen LogP contribution in [0.2, 0.25) is 5.02 Å². The topological polar surface area (TPSA) is 89.1 Å². The minimum absolute atomic E-state index is 0.270. The third-order valence-corrected chi connectivity index (χ3v) is 6.60. The molecule has 0 spiro atoms. The molecule has 3 aliphatic heterocycles. The van der Waals surface area contributed by atoms with Crippen LogP contribution in [0.4, 0.5) is 5.69 Å². The Kier molecular flexibility index (Phi) is 5.20. The van der Waals surface area contributed by atoms with E-state index in [0.29, 0.717) is 17.5 Å². The number of aliphatic hydroxyl groups excluding tert-OH is 1. The average Bonchev–Trinajstić information content (AvgIpc) is 3.51. The highest BCUT2D eigenvalue weighted by Crippen LogP contribution is 2.34. The smallest absolute Gasteiger partial charge is 0.193 e. The number of morpholine rings is 1. The molecule has 3 aliphatic rings. The Balaban J connectivity index is 1.23. The molecule has 3 aromatic rings. The molecule has 0 aliphatic carbocycles. The zero-order valence-corrected chi connectivity index (χ0v) is 18.1. The van der Waals surface area contributed by atoms with Crippen LogP contribution in [-0.2, 0) is 14.2 Å². The lowest BCUT2D eigenvalue weighted by Gasteiger charge is -2.28. The number of aromatic nitrogens is 2. The van der Waals surface area contributed by atoms with E-state index in [2.05, 4.69) is 22.0 Å². The van der Waals surface area contributed by atoms with Crippen LogP contribution in [-0.4, -0.2) is 79.0 Å². The molecular weight excluding hydrogens is 434 g/mol. The second kappa shape index (κ2) is 8.20. The van der Waals surface area contributed by atoms with Crippen molar-refractivity contribution in [1.29, 1.82) is 0 Å². The van der Waals surface area contributed by atoms with E-state index in [9.17, 15) is 5.11 Å². The van der Waals surface area contributed by atoms with Gasteiger partial charge in [-0.3, -0.25) is 0 Å². The molecule has 3 saturated heterocycles. The maximum absolute atomic E-state index is 9.91. The number of fused-ring (bicyclic) bond motifs is 2. The molecule has 3 fully saturated rings. The fourth-order valence-corrected chi connectivity index (χ4v) is 4.89.